The molecule has 1 saturated carbocycles. The van der Waals surface area contributed by atoms with Gasteiger partial charge in [0.15, 0.2) is 0 Å². The van der Waals surface area contributed by atoms with E-state index >= 15 is 0 Å². The van der Waals surface area contributed by atoms with Crippen molar-refractivity contribution in [1.82, 2.24) is 0 Å². The van der Waals surface area contributed by atoms with E-state index in [0.29, 0.717) is 0 Å². The molecule has 0 bridgehead atoms. The van der Waals surface area contributed by atoms with Crippen LogP contribution in [0.15, 0.2) is 36.4 Å². The predicted octanol–water partition coefficient (Wildman–Crippen LogP) is 5.06. The van der Waals surface area contributed by atoms with Crippen LogP contribution in [0.2, 0.25) is 0 Å². The number of hydrogen-bond acceptors (Lipinski definition) is 1. The molecule has 0 spiro atoms. The minimum absolute atomic E-state index is 0.766. The molecule has 1 nitrogen and oxygen atoms in total. The highest BCUT2D eigenvalue weighted by Gasteiger charge is 2.21. The second-order valence-electron chi connectivity index (χ2n) is 5.95. The molecule has 1 aromatic rings. The van der Waals surface area contributed by atoms with Crippen molar-refractivity contribution < 1.29 is 4.79 Å². The van der Waals surface area contributed by atoms with Gasteiger partial charge in [0, 0.05) is 0 Å². The first-order valence-corrected chi connectivity index (χ1v) is 8.02. The molecule has 0 amide bonds. The summed E-state index contributed by atoms with van der Waals surface area (Å²) in [6.45, 7) is 2.21. The standard InChI is InChI=1S/C19H26O/c1-2-16-7-11-18(12-8-16)19-13-9-17(10-14-19)6-4-3-5-15-20/h3,5,7-8,11-12,15,17,19H,2,4,6,9-10,13-14H2,1H3. The van der Waals surface area contributed by atoms with Crippen LogP contribution < -0.4 is 0 Å². The zero-order valence-corrected chi connectivity index (χ0v) is 12.6. The number of aldehydes is 1. The number of rotatable bonds is 6. The Morgan fingerprint density at radius 1 is 1.10 bits per heavy atom. The number of carbonyl (C=O) groups excluding carboxylic acids is 1. The largest absolute Gasteiger partial charge is 0.299 e. The first-order valence-electron chi connectivity index (χ1n) is 8.02. The zero-order valence-electron chi connectivity index (χ0n) is 12.6. The van der Waals surface area contributed by atoms with Gasteiger partial charge in [-0.05, 0) is 74.0 Å². The van der Waals surface area contributed by atoms with Crippen molar-refractivity contribution in [3.8, 4) is 0 Å². The molecule has 0 unspecified atom stereocenters. The first kappa shape index (κ1) is 15.0. The quantitative estimate of drug-likeness (QED) is 0.521. The van der Waals surface area contributed by atoms with E-state index in [1.54, 1.807) is 6.08 Å². The van der Waals surface area contributed by atoms with Gasteiger partial charge in [-0.2, -0.15) is 0 Å². The molecule has 0 aliphatic heterocycles. The second-order valence-corrected chi connectivity index (χ2v) is 5.95. The van der Waals surface area contributed by atoms with Gasteiger partial charge in [-0.1, -0.05) is 37.3 Å². The molecular formula is C19H26O. The van der Waals surface area contributed by atoms with Crippen molar-refractivity contribution in [2.45, 2.75) is 57.8 Å². The van der Waals surface area contributed by atoms with Gasteiger partial charge in [0.2, 0.25) is 0 Å². The van der Waals surface area contributed by atoms with Crippen LogP contribution in [-0.2, 0) is 11.2 Å². The van der Waals surface area contributed by atoms with Crippen LogP contribution >= 0.6 is 0 Å². The Morgan fingerprint density at radius 3 is 2.40 bits per heavy atom. The Bertz CT molecular complexity index is 422. The molecule has 1 aliphatic rings. The predicted molar refractivity (Wildman–Crippen MR) is 85.0 cm³/mol. The van der Waals surface area contributed by atoms with Crippen LogP contribution in [0.4, 0.5) is 0 Å². The van der Waals surface area contributed by atoms with Gasteiger partial charge in [-0.25, -0.2) is 0 Å². The summed E-state index contributed by atoms with van der Waals surface area (Å²) in [5.41, 5.74) is 2.96. The Hall–Kier alpha value is -1.37. The number of hydrogen-bond donors (Lipinski definition) is 0. The van der Waals surface area contributed by atoms with E-state index in [1.165, 1.54) is 43.2 Å². The third-order valence-electron chi connectivity index (χ3n) is 4.66. The van der Waals surface area contributed by atoms with Crippen LogP contribution in [0.5, 0.6) is 0 Å². The normalized spacial score (nSPS) is 23.1. The fourth-order valence-corrected chi connectivity index (χ4v) is 3.29. The Balaban J connectivity index is 1.78. The summed E-state index contributed by atoms with van der Waals surface area (Å²) in [5.74, 6) is 1.63. The summed E-state index contributed by atoms with van der Waals surface area (Å²) in [7, 11) is 0. The topological polar surface area (TPSA) is 17.1 Å². The highest BCUT2D eigenvalue weighted by atomic mass is 16.1. The van der Waals surface area contributed by atoms with Gasteiger partial charge in [-0.15, -0.1) is 0 Å². The minimum atomic E-state index is 0.766. The highest BCUT2D eigenvalue weighted by Crippen LogP contribution is 2.37. The minimum Gasteiger partial charge on any atom is -0.299 e. The summed E-state index contributed by atoms with van der Waals surface area (Å²) in [6, 6.07) is 9.23. The number of aryl methyl sites for hydroxylation is 1. The first-order chi connectivity index (χ1) is 9.83. The Morgan fingerprint density at radius 2 is 1.80 bits per heavy atom. The van der Waals surface area contributed by atoms with Gasteiger partial charge in [0.25, 0.3) is 0 Å². The summed E-state index contributed by atoms with van der Waals surface area (Å²) < 4.78 is 0. The molecule has 0 atom stereocenters. The van der Waals surface area contributed by atoms with E-state index in [-0.39, 0.29) is 0 Å². The average molecular weight is 270 g/mol. The van der Waals surface area contributed by atoms with E-state index < -0.39 is 0 Å². The maximum Gasteiger partial charge on any atom is 0.142 e. The molecule has 0 aromatic heterocycles. The number of allylic oxidation sites excluding steroid dienone is 2. The van der Waals surface area contributed by atoms with Crippen LogP contribution in [-0.4, -0.2) is 6.29 Å². The number of benzene rings is 1. The third-order valence-corrected chi connectivity index (χ3v) is 4.66. The molecule has 0 heterocycles. The molecule has 1 fully saturated rings. The van der Waals surface area contributed by atoms with Crippen molar-refractivity contribution in [2.75, 3.05) is 0 Å². The molecule has 0 radical (unpaired) electrons. The van der Waals surface area contributed by atoms with Gasteiger partial charge in [-0.3, -0.25) is 4.79 Å². The lowest BCUT2D eigenvalue weighted by atomic mass is 9.77. The van der Waals surface area contributed by atoms with E-state index in [0.717, 1.165) is 31.0 Å². The number of carbonyl (C=O) groups is 1. The van der Waals surface area contributed by atoms with Gasteiger partial charge in [0.1, 0.15) is 6.29 Å². The van der Waals surface area contributed by atoms with Crippen LogP contribution in [0.3, 0.4) is 0 Å². The lowest BCUT2D eigenvalue weighted by Crippen LogP contribution is -2.13. The Labute approximate surface area is 123 Å². The van der Waals surface area contributed by atoms with Gasteiger partial charge in [0.05, 0.1) is 0 Å². The maximum absolute atomic E-state index is 10.2. The lowest BCUT2D eigenvalue weighted by Gasteiger charge is -2.28. The molecule has 108 valence electrons. The lowest BCUT2D eigenvalue weighted by molar-refractivity contribution is -0.104. The Kier molecular flexibility index (Phi) is 6.04. The van der Waals surface area contributed by atoms with Crippen molar-refractivity contribution in [3.05, 3.63) is 47.5 Å². The maximum atomic E-state index is 10.2. The van der Waals surface area contributed by atoms with Crippen molar-refractivity contribution in [3.63, 3.8) is 0 Å². The molecule has 1 aliphatic carbocycles. The highest BCUT2D eigenvalue weighted by molar-refractivity contribution is 5.64. The molecule has 0 saturated heterocycles. The fraction of sp³-hybridized carbons (Fsp3) is 0.526. The molecule has 1 heteroatoms. The van der Waals surface area contributed by atoms with Crippen molar-refractivity contribution in [1.29, 1.82) is 0 Å². The monoisotopic (exact) mass is 270 g/mol. The van der Waals surface area contributed by atoms with Crippen molar-refractivity contribution in [2.24, 2.45) is 5.92 Å². The SMILES string of the molecule is CCc1ccc(C2CCC(CCC=CC=O)CC2)cc1. The van der Waals surface area contributed by atoms with Crippen LogP contribution in [0.25, 0.3) is 0 Å². The molecule has 0 N–H and O–H groups in total. The van der Waals surface area contributed by atoms with E-state index in [9.17, 15) is 4.79 Å². The van der Waals surface area contributed by atoms with Crippen molar-refractivity contribution >= 4 is 6.29 Å². The second kappa shape index (κ2) is 8.04. The third kappa shape index (κ3) is 4.33. The summed E-state index contributed by atoms with van der Waals surface area (Å²) in [5, 5.41) is 0. The fourth-order valence-electron chi connectivity index (χ4n) is 3.29. The average Bonchev–Trinajstić information content (AvgIpc) is 2.52. The van der Waals surface area contributed by atoms with E-state index in [2.05, 4.69) is 31.2 Å². The summed E-state index contributed by atoms with van der Waals surface area (Å²) in [6.07, 6.45) is 13.3. The summed E-state index contributed by atoms with van der Waals surface area (Å²) in [4.78, 5) is 10.2. The van der Waals surface area contributed by atoms with E-state index in [1.807, 2.05) is 6.08 Å². The molecular weight excluding hydrogens is 244 g/mol. The molecule has 2 rings (SSSR count). The van der Waals surface area contributed by atoms with Gasteiger partial charge < -0.3 is 0 Å². The summed E-state index contributed by atoms with van der Waals surface area (Å²) >= 11 is 0. The smallest absolute Gasteiger partial charge is 0.142 e. The molecule has 20 heavy (non-hydrogen) atoms. The van der Waals surface area contributed by atoms with Crippen LogP contribution in [0.1, 0.15) is 62.5 Å². The van der Waals surface area contributed by atoms with Crippen LogP contribution in [0, 0.1) is 5.92 Å². The van der Waals surface area contributed by atoms with E-state index in [4.69, 9.17) is 0 Å². The zero-order chi connectivity index (χ0) is 14.2. The van der Waals surface area contributed by atoms with Gasteiger partial charge >= 0.3 is 0 Å². The molecule has 1 aromatic carbocycles.